The molecule has 1 aromatic heterocycles. The number of carboxylic acid groups (broad SMARTS) is 1. The number of carbonyl (C=O) groups excluding carboxylic acids is 2. The molecule has 1 amide bonds. The van der Waals surface area contributed by atoms with E-state index in [1.54, 1.807) is 42.7 Å². The van der Waals surface area contributed by atoms with Crippen LogP contribution in [0.3, 0.4) is 0 Å². The summed E-state index contributed by atoms with van der Waals surface area (Å²) in [5.74, 6) is -1.82. The van der Waals surface area contributed by atoms with E-state index in [0.717, 1.165) is 19.3 Å². The molecule has 1 aromatic carbocycles. The number of benzene rings is 1. The molecule has 0 spiro atoms. The first kappa shape index (κ1) is 17.9. The molecule has 0 saturated heterocycles. The van der Waals surface area contributed by atoms with Gasteiger partial charge in [-0.25, -0.2) is 0 Å². The summed E-state index contributed by atoms with van der Waals surface area (Å²) in [6.07, 6.45) is 7.35. The summed E-state index contributed by atoms with van der Waals surface area (Å²) < 4.78 is 0. The number of amides is 1. The molecular weight excluding hydrogens is 332 g/mol. The molecule has 136 valence electrons. The van der Waals surface area contributed by atoms with Gasteiger partial charge in [0.1, 0.15) is 0 Å². The maximum Gasteiger partial charge on any atom is 0.308 e. The molecule has 2 aromatic rings. The van der Waals surface area contributed by atoms with Crippen LogP contribution < -0.4 is 5.32 Å². The maximum absolute atomic E-state index is 12.5. The number of aromatic nitrogens is 1. The second kappa shape index (κ2) is 7.99. The molecule has 1 aliphatic carbocycles. The molecule has 1 fully saturated rings. The highest BCUT2D eigenvalue weighted by Gasteiger charge is 2.30. The minimum absolute atomic E-state index is 0.118. The molecule has 0 bridgehead atoms. The second-order valence-corrected chi connectivity index (χ2v) is 6.67. The highest BCUT2D eigenvalue weighted by Crippen LogP contribution is 2.24. The monoisotopic (exact) mass is 354 g/mol. The Morgan fingerprint density at radius 3 is 2.27 bits per heavy atom. The molecule has 0 aliphatic heterocycles. The van der Waals surface area contributed by atoms with Crippen molar-refractivity contribution in [1.29, 1.82) is 0 Å². The van der Waals surface area contributed by atoms with E-state index in [-0.39, 0.29) is 17.7 Å². The van der Waals surface area contributed by atoms with Crippen LogP contribution in [0.1, 0.15) is 58.4 Å². The predicted molar refractivity (Wildman–Crippen MR) is 96.1 cm³/mol. The highest BCUT2D eigenvalue weighted by atomic mass is 16.4. The van der Waals surface area contributed by atoms with E-state index in [9.17, 15) is 19.5 Å². The fourth-order valence-electron chi connectivity index (χ4n) is 3.43. The molecule has 3 rings (SSSR count). The zero-order valence-corrected chi connectivity index (χ0v) is 14.4. The summed E-state index contributed by atoms with van der Waals surface area (Å²) in [5.41, 5.74) is 1.48. The zero-order chi connectivity index (χ0) is 18.5. The first-order valence-electron chi connectivity index (χ1n) is 8.87. The second-order valence-electron chi connectivity index (χ2n) is 6.67. The van der Waals surface area contributed by atoms with E-state index < -0.39 is 11.9 Å². The van der Waals surface area contributed by atoms with Gasteiger partial charge < -0.3 is 15.4 Å². The summed E-state index contributed by atoms with van der Waals surface area (Å²) in [6, 6.07) is 7.77. The molecule has 2 atom stereocenters. The first-order chi connectivity index (χ1) is 12.6. The molecule has 6 nitrogen and oxygen atoms in total. The van der Waals surface area contributed by atoms with Crippen LogP contribution in [0.15, 0.2) is 42.7 Å². The molecular formula is C20H22N2O4. The number of carbonyl (C=O) groups is 3. The van der Waals surface area contributed by atoms with Crippen molar-refractivity contribution in [3.8, 4) is 0 Å². The Morgan fingerprint density at radius 2 is 1.62 bits per heavy atom. The number of hydrogen-bond donors (Lipinski definition) is 3. The Labute approximate surface area is 151 Å². The lowest BCUT2D eigenvalue weighted by atomic mass is 9.94. The van der Waals surface area contributed by atoms with Gasteiger partial charge in [0.15, 0.2) is 5.78 Å². The van der Waals surface area contributed by atoms with Crippen LogP contribution in [-0.4, -0.2) is 33.8 Å². The molecule has 1 aliphatic rings. The van der Waals surface area contributed by atoms with E-state index in [4.69, 9.17) is 0 Å². The summed E-state index contributed by atoms with van der Waals surface area (Å²) >= 11 is 0. The van der Waals surface area contributed by atoms with Crippen LogP contribution in [0.2, 0.25) is 0 Å². The van der Waals surface area contributed by atoms with Crippen molar-refractivity contribution in [2.45, 2.75) is 38.1 Å². The van der Waals surface area contributed by atoms with Gasteiger partial charge in [-0.05, 0) is 31.0 Å². The van der Waals surface area contributed by atoms with Crippen molar-refractivity contribution >= 4 is 17.7 Å². The summed E-state index contributed by atoms with van der Waals surface area (Å²) in [5, 5.41) is 12.3. The molecule has 1 saturated carbocycles. The number of carboxylic acids is 1. The Kier molecular flexibility index (Phi) is 5.51. The summed E-state index contributed by atoms with van der Waals surface area (Å²) in [6.45, 7) is 0. The predicted octanol–water partition coefficient (Wildman–Crippen LogP) is 3.01. The van der Waals surface area contributed by atoms with Gasteiger partial charge in [0.05, 0.1) is 5.92 Å². The number of hydrogen-bond acceptors (Lipinski definition) is 3. The molecule has 6 heteroatoms. The average Bonchev–Trinajstić information content (AvgIpc) is 3.08. The Bertz CT molecular complexity index is 781. The highest BCUT2D eigenvalue weighted by molar-refractivity contribution is 6.09. The van der Waals surface area contributed by atoms with Gasteiger partial charge in [-0.15, -0.1) is 0 Å². The molecule has 1 heterocycles. The van der Waals surface area contributed by atoms with E-state index >= 15 is 0 Å². The van der Waals surface area contributed by atoms with Crippen molar-refractivity contribution in [3.05, 3.63) is 59.4 Å². The molecule has 0 radical (unpaired) electrons. The number of nitrogens with one attached hydrogen (secondary N) is 2. The van der Waals surface area contributed by atoms with Crippen molar-refractivity contribution in [1.82, 2.24) is 10.3 Å². The van der Waals surface area contributed by atoms with Gasteiger partial charge >= 0.3 is 5.97 Å². The van der Waals surface area contributed by atoms with Crippen LogP contribution >= 0.6 is 0 Å². The molecule has 0 unspecified atom stereocenters. The van der Waals surface area contributed by atoms with Crippen molar-refractivity contribution in [2.75, 3.05) is 0 Å². The minimum Gasteiger partial charge on any atom is -0.481 e. The topological polar surface area (TPSA) is 99.3 Å². The van der Waals surface area contributed by atoms with Crippen LogP contribution in [0.25, 0.3) is 0 Å². The van der Waals surface area contributed by atoms with Crippen molar-refractivity contribution in [2.24, 2.45) is 5.92 Å². The number of aliphatic carboxylic acids is 1. The van der Waals surface area contributed by atoms with Gasteiger partial charge in [0, 0.05) is 35.1 Å². The SMILES string of the molecule is O=C(N[C@H]1CCCCC[C@H]1C(=O)O)c1ccc(C(=O)c2cc[nH]c2)cc1. The quantitative estimate of drug-likeness (QED) is 0.568. The lowest BCUT2D eigenvalue weighted by molar-refractivity contribution is -0.142. The Hall–Kier alpha value is -2.89. The van der Waals surface area contributed by atoms with Crippen LogP contribution in [0.4, 0.5) is 0 Å². The number of aromatic amines is 1. The number of ketones is 1. The summed E-state index contributed by atoms with van der Waals surface area (Å²) in [4.78, 5) is 39.1. The minimum atomic E-state index is -0.857. The third-order valence-electron chi connectivity index (χ3n) is 4.92. The van der Waals surface area contributed by atoms with Gasteiger partial charge in [0.25, 0.3) is 5.91 Å². The van der Waals surface area contributed by atoms with Crippen LogP contribution in [0, 0.1) is 5.92 Å². The maximum atomic E-state index is 12.5. The number of rotatable bonds is 5. The van der Waals surface area contributed by atoms with Gasteiger partial charge in [-0.3, -0.25) is 14.4 Å². The standard InChI is InChI=1S/C20H22N2O4/c23-18(15-10-11-21-12-15)13-6-8-14(9-7-13)19(24)22-17-5-3-1-2-4-16(17)20(25)26/h6-12,16-17,21H,1-5H2,(H,22,24)(H,25,26)/t16-,17+/m1/s1. The third kappa shape index (κ3) is 4.02. The van der Waals surface area contributed by atoms with E-state index in [1.165, 1.54) is 0 Å². The normalized spacial score (nSPS) is 20.2. The van der Waals surface area contributed by atoms with E-state index in [1.807, 2.05) is 0 Å². The Balaban J connectivity index is 1.69. The van der Waals surface area contributed by atoms with Gasteiger partial charge in [-0.1, -0.05) is 31.4 Å². The smallest absolute Gasteiger partial charge is 0.308 e. The number of H-pyrrole nitrogens is 1. The molecule has 26 heavy (non-hydrogen) atoms. The van der Waals surface area contributed by atoms with Gasteiger partial charge in [0.2, 0.25) is 0 Å². The lowest BCUT2D eigenvalue weighted by Crippen LogP contribution is -2.42. The molecule has 3 N–H and O–H groups in total. The van der Waals surface area contributed by atoms with E-state index in [2.05, 4.69) is 10.3 Å². The third-order valence-corrected chi connectivity index (χ3v) is 4.92. The van der Waals surface area contributed by atoms with Crippen molar-refractivity contribution < 1.29 is 19.5 Å². The summed E-state index contributed by atoms with van der Waals surface area (Å²) in [7, 11) is 0. The fourth-order valence-corrected chi connectivity index (χ4v) is 3.43. The Morgan fingerprint density at radius 1 is 0.923 bits per heavy atom. The fraction of sp³-hybridized carbons (Fsp3) is 0.350. The average molecular weight is 354 g/mol. The first-order valence-corrected chi connectivity index (χ1v) is 8.87. The zero-order valence-electron chi connectivity index (χ0n) is 14.4. The largest absolute Gasteiger partial charge is 0.481 e. The van der Waals surface area contributed by atoms with Crippen LogP contribution in [0.5, 0.6) is 0 Å². The lowest BCUT2D eigenvalue weighted by Gasteiger charge is -2.22. The van der Waals surface area contributed by atoms with Crippen molar-refractivity contribution in [3.63, 3.8) is 0 Å². The van der Waals surface area contributed by atoms with E-state index in [0.29, 0.717) is 29.5 Å². The van der Waals surface area contributed by atoms with Gasteiger partial charge in [-0.2, -0.15) is 0 Å². The van der Waals surface area contributed by atoms with Crippen LogP contribution in [-0.2, 0) is 4.79 Å².